The Labute approximate surface area is 149 Å². The fraction of sp³-hybridized carbons (Fsp3) is 0.412. The molecule has 0 bridgehead atoms. The van der Waals surface area contributed by atoms with Crippen LogP contribution in [0.4, 0.5) is 5.95 Å². The summed E-state index contributed by atoms with van der Waals surface area (Å²) in [5.41, 5.74) is 9.39. The van der Waals surface area contributed by atoms with Gasteiger partial charge in [-0.3, -0.25) is 0 Å². The number of ether oxygens (including phenoxy) is 1. The summed E-state index contributed by atoms with van der Waals surface area (Å²) in [6.45, 7) is 0. The summed E-state index contributed by atoms with van der Waals surface area (Å²) >= 11 is 1.44. The highest BCUT2D eigenvalue weighted by Crippen LogP contribution is 2.25. The van der Waals surface area contributed by atoms with Crippen LogP contribution in [0.1, 0.15) is 43.0 Å². The van der Waals surface area contributed by atoms with Crippen LogP contribution in [0.2, 0.25) is 0 Å². The van der Waals surface area contributed by atoms with E-state index in [4.69, 9.17) is 4.74 Å². The number of rotatable bonds is 6. The van der Waals surface area contributed by atoms with Gasteiger partial charge < -0.3 is 15.6 Å². The van der Waals surface area contributed by atoms with Gasteiger partial charge in [-0.15, -0.1) is 11.3 Å². The molecule has 8 heteroatoms. The number of thiophene rings is 1. The molecule has 1 atom stereocenters. The summed E-state index contributed by atoms with van der Waals surface area (Å²) in [7, 11) is 0. The average molecular weight is 357 g/mol. The van der Waals surface area contributed by atoms with Crippen LogP contribution in [0.5, 0.6) is 0 Å². The van der Waals surface area contributed by atoms with E-state index in [9.17, 15) is 10.3 Å². The summed E-state index contributed by atoms with van der Waals surface area (Å²) < 4.78 is 5.56. The smallest absolute Gasteiger partial charge is 0.419 e. The molecule has 2 aromatic heterocycles. The van der Waals surface area contributed by atoms with Crippen LogP contribution in [-0.2, 0) is 9.53 Å². The number of hydrogen-bond donors (Lipinski definition) is 1. The number of hydrogen-bond acceptors (Lipinski definition) is 6. The van der Waals surface area contributed by atoms with E-state index in [1.54, 1.807) is 18.5 Å². The van der Waals surface area contributed by atoms with Gasteiger partial charge in [0.1, 0.15) is 6.10 Å². The van der Waals surface area contributed by atoms with Crippen molar-refractivity contribution < 1.29 is 14.3 Å². The monoisotopic (exact) mass is 357 g/mol. The van der Waals surface area contributed by atoms with E-state index >= 15 is 0 Å². The Balaban J connectivity index is 1.80. The van der Waals surface area contributed by atoms with Gasteiger partial charge in [-0.05, 0) is 43.2 Å². The summed E-state index contributed by atoms with van der Waals surface area (Å²) in [6, 6.07) is 4.74. The Kier molecular flexibility index (Phi) is 5.87. The van der Waals surface area contributed by atoms with Crippen molar-refractivity contribution in [3.63, 3.8) is 0 Å². The molecule has 1 fully saturated rings. The summed E-state index contributed by atoms with van der Waals surface area (Å²) in [5, 5.41) is 4.93. The molecule has 0 radical (unpaired) electrons. The molecule has 1 N–H and O–H groups in total. The predicted molar refractivity (Wildman–Crippen MR) is 94.3 cm³/mol. The van der Waals surface area contributed by atoms with Crippen LogP contribution in [0.25, 0.3) is 5.53 Å². The maximum atomic E-state index is 12.6. The molecule has 0 saturated heterocycles. The Bertz CT molecular complexity index is 738. The highest BCUT2D eigenvalue weighted by Gasteiger charge is 2.37. The van der Waals surface area contributed by atoms with E-state index in [1.807, 2.05) is 17.5 Å². The van der Waals surface area contributed by atoms with Gasteiger partial charge >= 0.3 is 11.7 Å². The predicted octanol–water partition coefficient (Wildman–Crippen LogP) is 3.24. The van der Waals surface area contributed by atoms with Crippen LogP contribution >= 0.6 is 11.3 Å². The molecule has 0 spiro atoms. The lowest BCUT2D eigenvalue weighted by Gasteiger charge is -2.21. The highest BCUT2D eigenvalue weighted by atomic mass is 32.1. The molecule has 0 aliphatic heterocycles. The molecule has 25 heavy (non-hydrogen) atoms. The first-order valence-corrected chi connectivity index (χ1v) is 9.16. The minimum atomic E-state index is -0.677. The number of anilines is 1. The largest absolute Gasteiger partial charge is 0.454 e. The fourth-order valence-electron chi connectivity index (χ4n) is 2.84. The van der Waals surface area contributed by atoms with E-state index in [0.717, 1.165) is 30.6 Å². The van der Waals surface area contributed by atoms with Gasteiger partial charge in [0, 0.05) is 17.3 Å². The van der Waals surface area contributed by atoms with E-state index < -0.39 is 12.0 Å². The number of esters is 1. The van der Waals surface area contributed by atoms with Crippen molar-refractivity contribution in [3.05, 3.63) is 46.4 Å². The SMILES string of the molecule is [N-]=[N+]=C(C(=O)OC1CCCCC1)C(Nc1ncccn1)c1cccs1. The second-order valence-corrected chi connectivity index (χ2v) is 6.80. The maximum absolute atomic E-state index is 12.6. The zero-order valence-corrected chi connectivity index (χ0v) is 14.5. The lowest BCUT2D eigenvalue weighted by atomic mass is 9.98. The minimum Gasteiger partial charge on any atom is -0.454 e. The summed E-state index contributed by atoms with van der Waals surface area (Å²) in [4.78, 5) is 24.9. The lowest BCUT2D eigenvalue weighted by molar-refractivity contribution is -0.147. The van der Waals surface area contributed by atoms with Gasteiger partial charge in [0.25, 0.3) is 0 Å². The quantitative estimate of drug-likeness (QED) is 0.370. The molecule has 1 saturated carbocycles. The zero-order valence-electron chi connectivity index (χ0n) is 13.7. The van der Waals surface area contributed by atoms with Gasteiger partial charge in [0.05, 0.1) is 0 Å². The second-order valence-electron chi connectivity index (χ2n) is 5.82. The Morgan fingerprint density at radius 1 is 1.28 bits per heavy atom. The molecular formula is C17H19N5O2S. The van der Waals surface area contributed by atoms with E-state index in [2.05, 4.69) is 20.1 Å². The molecule has 7 nitrogen and oxygen atoms in total. The third-order valence-corrected chi connectivity index (χ3v) is 5.02. The third kappa shape index (κ3) is 4.49. The van der Waals surface area contributed by atoms with Crippen molar-refractivity contribution in [2.45, 2.75) is 44.2 Å². The molecular weight excluding hydrogens is 338 g/mol. The lowest BCUT2D eigenvalue weighted by Crippen LogP contribution is -2.33. The van der Waals surface area contributed by atoms with Gasteiger partial charge in [-0.25, -0.2) is 14.8 Å². The summed E-state index contributed by atoms with van der Waals surface area (Å²) in [5.74, 6) is -0.274. The van der Waals surface area contributed by atoms with Crippen molar-refractivity contribution in [3.8, 4) is 0 Å². The van der Waals surface area contributed by atoms with Crippen LogP contribution in [0.15, 0.2) is 36.0 Å². The molecule has 1 aliphatic carbocycles. The second kappa shape index (κ2) is 8.50. The van der Waals surface area contributed by atoms with Crippen molar-refractivity contribution in [2.24, 2.45) is 0 Å². The normalized spacial score (nSPS) is 15.8. The Hall–Kier alpha value is -2.57. The van der Waals surface area contributed by atoms with Gasteiger partial charge in [0.2, 0.25) is 5.95 Å². The van der Waals surface area contributed by atoms with Crippen LogP contribution < -0.4 is 5.32 Å². The maximum Gasteiger partial charge on any atom is 0.419 e. The standard InChI is InChI=1S/C17H19N5O2S/c18-22-15(16(23)24-12-6-2-1-3-7-12)14(13-8-4-11-25-13)21-17-19-9-5-10-20-17/h4-5,8-12,14H,1-3,6-7H2,(H,19,20,21). The number of nitrogens with zero attached hydrogens (tertiary/aromatic N) is 4. The van der Waals surface area contributed by atoms with Gasteiger partial charge in [-0.2, -0.15) is 4.79 Å². The van der Waals surface area contributed by atoms with E-state index in [-0.39, 0.29) is 11.8 Å². The first-order chi connectivity index (χ1) is 12.3. The number of carbonyl (C=O) groups is 1. The highest BCUT2D eigenvalue weighted by molar-refractivity contribution is 7.10. The zero-order chi connectivity index (χ0) is 17.5. The molecule has 3 rings (SSSR count). The van der Waals surface area contributed by atoms with Crippen molar-refractivity contribution in [1.29, 1.82) is 0 Å². The molecule has 1 aliphatic rings. The fourth-order valence-corrected chi connectivity index (χ4v) is 3.62. The first-order valence-electron chi connectivity index (χ1n) is 8.28. The topological polar surface area (TPSA) is 101 Å². The molecule has 130 valence electrons. The first kappa shape index (κ1) is 17.3. The van der Waals surface area contributed by atoms with Crippen molar-refractivity contribution >= 4 is 29.0 Å². The van der Waals surface area contributed by atoms with Gasteiger partial charge in [-0.1, -0.05) is 12.5 Å². The van der Waals surface area contributed by atoms with Crippen molar-refractivity contribution in [2.75, 3.05) is 5.32 Å². The minimum absolute atomic E-state index is 0.0968. The number of nitrogens with one attached hydrogen (secondary N) is 1. The molecule has 0 aromatic carbocycles. The molecule has 1 unspecified atom stereocenters. The van der Waals surface area contributed by atoms with E-state index in [1.165, 1.54) is 17.8 Å². The van der Waals surface area contributed by atoms with Crippen LogP contribution in [0, 0.1) is 0 Å². The van der Waals surface area contributed by atoms with Crippen molar-refractivity contribution in [1.82, 2.24) is 9.97 Å². The summed E-state index contributed by atoms with van der Waals surface area (Å²) in [6.07, 6.45) is 8.04. The third-order valence-electron chi connectivity index (χ3n) is 4.08. The Morgan fingerprint density at radius 3 is 2.68 bits per heavy atom. The number of aromatic nitrogens is 2. The molecule has 2 aromatic rings. The van der Waals surface area contributed by atoms with Gasteiger partial charge in [0.15, 0.2) is 6.04 Å². The van der Waals surface area contributed by atoms with E-state index in [0.29, 0.717) is 5.95 Å². The van der Waals surface area contributed by atoms with Crippen LogP contribution in [-0.4, -0.2) is 32.5 Å². The molecule has 0 amide bonds. The number of carbonyl (C=O) groups excluding carboxylic acids is 1. The Morgan fingerprint density at radius 2 is 2.04 bits per heavy atom. The molecule has 2 heterocycles. The van der Waals surface area contributed by atoms with Crippen LogP contribution in [0.3, 0.4) is 0 Å². The average Bonchev–Trinajstić information content (AvgIpc) is 3.18.